The molecule has 1 atom stereocenters. The zero-order valence-electron chi connectivity index (χ0n) is 10.2. The summed E-state index contributed by atoms with van der Waals surface area (Å²) in [5, 5.41) is 11.8. The van der Waals surface area contributed by atoms with E-state index in [-0.39, 0.29) is 0 Å². The molecule has 1 unspecified atom stereocenters. The van der Waals surface area contributed by atoms with Crippen molar-refractivity contribution < 1.29 is 4.74 Å². The molecule has 1 fully saturated rings. The van der Waals surface area contributed by atoms with E-state index < -0.39 is 0 Å². The molecule has 0 spiro atoms. The zero-order chi connectivity index (χ0) is 11.6. The van der Waals surface area contributed by atoms with Gasteiger partial charge in [0.05, 0.1) is 18.8 Å². The van der Waals surface area contributed by atoms with Gasteiger partial charge in [0.15, 0.2) is 0 Å². The molecule has 0 amide bonds. The van der Waals surface area contributed by atoms with Crippen LogP contribution in [0.15, 0.2) is 0 Å². The number of ether oxygens (including phenoxy) is 1. The highest BCUT2D eigenvalue weighted by Crippen LogP contribution is 2.03. The van der Waals surface area contributed by atoms with Crippen LogP contribution in [-0.4, -0.2) is 50.3 Å². The molecule has 1 aliphatic rings. The highest BCUT2D eigenvalue weighted by Gasteiger charge is 2.18. The molecule has 1 aliphatic heterocycles. The van der Waals surface area contributed by atoms with E-state index >= 15 is 0 Å². The van der Waals surface area contributed by atoms with Crippen molar-refractivity contribution >= 4 is 0 Å². The van der Waals surface area contributed by atoms with Crippen LogP contribution in [0.4, 0.5) is 0 Å². The Morgan fingerprint density at radius 2 is 2.38 bits per heavy atom. The quantitative estimate of drug-likeness (QED) is 0.656. The van der Waals surface area contributed by atoms with Gasteiger partial charge in [-0.15, -0.1) is 0 Å². The maximum atomic E-state index is 8.39. The third-order valence-electron chi connectivity index (χ3n) is 2.93. The predicted octanol–water partition coefficient (Wildman–Crippen LogP) is 0.991. The first kappa shape index (κ1) is 13.4. The predicted molar refractivity (Wildman–Crippen MR) is 64.2 cm³/mol. The van der Waals surface area contributed by atoms with Crippen molar-refractivity contribution in [1.29, 1.82) is 5.26 Å². The van der Waals surface area contributed by atoms with Crippen LogP contribution < -0.4 is 5.32 Å². The van der Waals surface area contributed by atoms with E-state index in [0.717, 1.165) is 52.2 Å². The lowest BCUT2D eigenvalue weighted by Gasteiger charge is -2.32. The Bertz CT molecular complexity index is 215. The fourth-order valence-corrected chi connectivity index (χ4v) is 1.91. The molecular weight excluding hydrogens is 202 g/mol. The Balaban J connectivity index is 1.98. The Morgan fingerprint density at radius 1 is 1.50 bits per heavy atom. The summed E-state index contributed by atoms with van der Waals surface area (Å²) in [5.41, 5.74) is 0. The first-order valence-corrected chi connectivity index (χ1v) is 6.28. The molecule has 0 aromatic rings. The lowest BCUT2D eigenvalue weighted by atomic mass is 10.2. The molecule has 0 radical (unpaired) electrons. The van der Waals surface area contributed by atoms with Crippen molar-refractivity contribution in [2.75, 3.05) is 39.3 Å². The van der Waals surface area contributed by atoms with Gasteiger partial charge >= 0.3 is 0 Å². The molecule has 0 aromatic carbocycles. The molecule has 0 saturated carbocycles. The summed E-state index contributed by atoms with van der Waals surface area (Å²) in [6.07, 6.45) is 3.09. The van der Waals surface area contributed by atoms with Crippen molar-refractivity contribution in [2.45, 2.75) is 32.3 Å². The van der Waals surface area contributed by atoms with Crippen LogP contribution in [0.25, 0.3) is 0 Å². The number of nitrogens with one attached hydrogen (secondary N) is 1. The Labute approximate surface area is 98.6 Å². The summed E-state index contributed by atoms with van der Waals surface area (Å²) >= 11 is 0. The van der Waals surface area contributed by atoms with E-state index in [2.05, 4.69) is 23.2 Å². The number of rotatable bonds is 7. The van der Waals surface area contributed by atoms with Crippen molar-refractivity contribution in [2.24, 2.45) is 0 Å². The van der Waals surface area contributed by atoms with E-state index in [1.807, 2.05) is 0 Å². The fraction of sp³-hybridized carbons (Fsp3) is 0.917. The molecule has 4 nitrogen and oxygen atoms in total. The van der Waals surface area contributed by atoms with Crippen molar-refractivity contribution in [3.8, 4) is 6.07 Å². The molecule has 16 heavy (non-hydrogen) atoms. The van der Waals surface area contributed by atoms with Gasteiger partial charge in [-0.25, -0.2) is 0 Å². The molecule has 1 heterocycles. The van der Waals surface area contributed by atoms with Gasteiger partial charge in [-0.05, 0) is 25.9 Å². The van der Waals surface area contributed by atoms with Crippen LogP contribution >= 0.6 is 0 Å². The summed E-state index contributed by atoms with van der Waals surface area (Å²) < 4.78 is 5.68. The maximum Gasteiger partial charge on any atom is 0.0826 e. The van der Waals surface area contributed by atoms with E-state index in [1.54, 1.807) is 0 Å². The van der Waals surface area contributed by atoms with Crippen LogP contribution in [-0.2, 0) is 4.74 Å². The third kappa shape index (κ3) is 5.45. The average molecular weight is 225 g/mol. The highest BCUT2D eigenvalue weighted by atomic mass is 16.5. The minimum absolute atomic E-state index is 0.338. The van der Waals surface area contributed by atoms with Crippen LogP contribution in [0, 0.1) is 11.3 Å². The van der Waals surface area contributed by atoms with E-state index in [4.69, 9.17) is 10.00 Å². The molecule has 1 saturated heterocycles. The Kier molecular flexibility index (Phi) is 7.15. The average Bonchev–Trinajstić information content (AvgIpc) is 2.34. The molecule has 1 rings (SSSR count). The molecule has 1 N–H and O–H groups in total. The van der Waals surface area contributed by atoms with Gasteiger partial charge in [-0.2, -0.15) is 5.26 Å². The van der Waals surface area contributed by atoms with E-state index in [9.17, 15) is 0 Å². The molecule has 92 valence electrons. The normalized spacial score (nSPS) is 21.9. The van der Waals surface area contributed by atoms with E-state index in [0.29, 0.717) is 12.5 Å². The summed E-state index contributed by atoms with van der Waals surface area (Å²) in [4.78, 5) is 2.42. The molecular formula is C12H23N3O. The first-order valence-electron chi connectivity index (χ1n) is 6.28. The van der Waals surface area contributed by atoms with E-state index in [1.165, 1.54) is 0 Å². The lowest BCUT2D eigenvalue weighted by Crippen LogP contribution is -2.46. The number of morpholine rings is 1. The first-order chi connectivity index (χ1) is 7.86. The minimum atomic E-state index is 0.338. The number of unbranched alkanes of at least 4 members (excludes halogenated alkanes) is 2. The number of nitriles is 1. The monoisotopic (exact) mass is 225 g/mol. The molecule has 4 heteroatoms. The number of hydrogen-bond donors (Lipinski definition) is 1. The summed E-state index contributed by atoms with van der Waals surface area (Å²) in [5.74, 6) is 0. The number of nitrogens with zero attached hydrogens (tertiary/aromatic N) is 2. The topological polar surface area (TPSA) is 48.3 Å². The number of hydrogen-bond acceptors (Lipinski definition) is 4. The third-order valence-corrected chi connectivity index (χ3v) is 2.93. The highest BCUT2D eigenvalue weighted by molar-refractivity contribution is 4.73. The maximum absolute atomic E-state index is 8.39. The summed E-state index contributed by atoms with van der Waals surface area (Å²) in [6.45, 7) is 8.20. The summed E-state index contributed by atoms with van der Waals surface area (Å²) in [6, 6.07) is 2.16. The van der Waals surface area contributed by atoms with Crippen LogP contribution in [0.5, 0.6) is 0 Å². The smallest absolute Gasteiger partial charge is 0.0826 e. The van der Waals surface area contributed by atoms with Crippen molar-refractivity contribution in [3.63, 3.8) is 0 Å². The van der Waals surface area contributed by atoms with Crippen LogP contribution in [0.2, 0.25) is 0 Å². The molecule has 0 aliphatic carbocycles. The second-order valence-electron chi connectivity index (χ2n) is 4.21. The SMILES string of the molecule is CCN1CCOC(CNCCCCC#N)C1. The van der Waals surface area contributed by atoms with Gasteiger partial charge in [-0.1, -0.05) is 6.92 Å². The van der Waals surface area contributed by atoms with Gasteiger partial charge in [0.2, 0.25) is 0 Å². The Hall–Kier alpha value is -0.630. The van der Waals surface area contributed by atoms with Gasteiger partial charge < -0.3 is 10.1 Å². The van der Waals surface area contributed by atoms with Gasteiger partial charge in [0.25, 0.3) is 0 Å². The van der Waals surface area contributed by atoms with Crippen LogP contribution in [0.3, 0.4) is 0 Å². The van der Waals surface area contributed by atoms with Gasteiger partial charge in [0.1, 0.15) is 0 Å². The molecule has 0 bridgehead atoms. The minimum Gasteiger partial charge on any atom is -0.374 e. The van der Waals surface area contributed by atoms with Gasteiger partial charge in [-0.3, -0.25) is 4.90 Å². The lowest BCUT2D eigenvalue weighted by molar-refractivity contribution is -0.0251. The second-order valence-corrected chi connectivity index (χ2v) is 4.21. The Morgan fingerprint density at radius 3 is 3.12 bits per heavy atom. The standard InChI is InChI=1S/C12H23N3O/c1-2-15-8-9-16-12(11-15)10-14-7-5-3-4-6-13/h12,14H,2-5,7-11H2,1H3. The van der Waals surface area contributed by atoms with Crippen molar-refractivity contribution in [1.82, 2.24) is 10.2 Å². The molecule has 0 aromatic heterocycles. The zero-order valence-corrected chi connectivity index (χ0v) is 10.2. The fourth-order valence-electron chi connectivity index (χ4n) is 1.91. The largest absolute Gasteiger partial charge is 0.374 e. The number of likely N-dealkylation sites (N-methyl/N-ethyl adjacent to an activating group) is 1. The second kappa shape index (κ2) is 8.51. The van der Waals surface area contributed by atoms with Crippen LogP contribution in [0.1, 0.15) is 26.2 Å². The summed E-state index contributed by atoms with van der Waals surface area (Å²) in [7, 11) is 0. The van der Waals surface area contributed by atoms with Gasteiger partial charge in [0, 0.05) is 26.1 Å². The van der Waals surface area contributed by atoms with Crippen molar-refractivity contribution in [3.05, 3.63) is 0 Å².